The molecule has 0 spiro atoms. The molecule has 214 valence electrons. The van der Waals surface area contributed by atoms with Crippen molar-refractivity contribution in [3.8, 4) is 5.75 Å². The molecule has 1 atom stereocenters. The molecule has 39 heavy (non-hydrogen) atoms. The summed E-state index contributed by atoms with van der Waals surface area (Å²) in [4.78, 5) is 26.4. The lowest BCUT2D eigenvalue weighted by molar-refractivity contribution is -0.274. The Bertz CT molecular complexity index is 1130. The van der Waals surface area contributed by atoms with Gasteiger partial charge in [-0.3, -0.25) is 5.32 Å². The number of rotatable bonds is 11. The molecule has 0 saturated carbocycles. The number of anilines is 3. The average Bonchev–Trinajstić information content (AvgIpc) is 3.27. The number of nitrogens with one attached hydrogen (secondary N) is 4. The van der Waals surface area contributed by atoms with Crippen molar-refractivity contribution in [1.29, 1.82) is 0 Å². The summed E-state index contributed by atoms with van der Waals surface area (Å²) in [6, 6.07) is 5.93. The van der Waals surface area contributed by atoms with Gasteiger partial charge in [0.1, 0.15) is 11.6 Å². The number of likely N-dealkylation sites (tertiary alicyclic amines) is 1. The minimum atomic E-state index is -4.79. The van der Waals surface area contributed by atoms with Crippen molar-refractivity contribution >= 4 is 40.7 Å². The fraction of sp³-hybridized carbons (Fsp3) is 0.520. The molecular weight excluding hydrogens is 533 g/mol. The van der Waals surface area contributed by atoms with Crippen LogP contribution in [0, 0.1) is 12.3 Å². The Morgan fingerprint density at radius 3 is 2.54 bits per heavy atom. The Balaban J connectivity index is 1.63. The van der Waals surface area contributed by atoms with Gasteiger partial charge in [-0.15, -0.1) is 13.2 Å². The van der Waals surface area contributed by atoms with E-state index in [1.807, 2.05) is 14.1 Å². The van der Waals surface area contributed by atoms with Crippen LogP contribution in [0.15, 0.2) is 30.3 Å². The molecule has 0 bridgehead atoms. The van der Waals surface area contributed by atoms with E-state index in [1.54, 1.807) is 13.0 Å². The summed E-state index contributed by atoms with van der Waals surface area (Å²) in [5, 5.41) is 11.9. The Labute approximate surface area is 231 Å². The molecule has 2 aromatic rings. The molecule has 1 fully saturated rings. The van der Waals surface area contributed by atoms with Gasteiger partial charge in [0.05, 0.1) is 10.4 Å². The van der Waals surface area contributed by atoms with E-state index in [0.29, 0.717) is 18.1 Å². The summed E-state index contributed by atoms with van der Waals surface area (Å²) in [6.07, 6.45) is -3.88. The SMILES string of the molecule is CCN1CCC(CNc2cc(C)nc(NC(=O)Nc3ccc(OC(F)(F)F)cc3)n2)(C(=S)NCCN(C)C)C1. The van der Waals surface area contributed by atoms with Gasteiger partial charge in [-0.2, -0.15) is 4.98 Å². The topological polar surface area (TPSA) is 107 Å². The zero-order chi connectivity index (χ0) is 28.6. The second-order valence-corrected chi connectivity index (χ2v) is 10.1. The van der Waals surface area contributed by atoms with E-state index >= 15 is 0 Å². The Morgan fingerprint density at radius 2 is 1.92 bits per heavy atom. The molecule has 1 aliphatic heterocycles. The predicted octanol–water partition coefficient (Wildman–Crippen LogP) is 3.93. The van der Waals surface area contributed by atoms with Gasteiger partial charge in [0.2, 0.25) is 5.95 Å². The minimum absolute atomic E-state index is 0.0781. The van der Waals surface area contributed by atoms with Gasteiger partial charge in [0.25, 0.3) is 0 Å². The van der Waals surface area contributed by atoms with Crippen molar-refractivity contribution < 1.29 is 22.7 Å². The third kappa shape index (κ3) is 9.48. The van der Waals surface area contributed by atoms with Crippen molar-refractivity contribution in [3.63, 3.8) is 0 Å². The van der Waals surface area contributed by atoms with E-state index in [0.717, 1.165) is 56.3 Å². The highest BCUT2D eigenvalue weighted by atomic mass is 32.1. The Hall–Kier alpha value is -3.23. The molecule has 14 heteroatoms. The zero-order valence-corrected chi connectivity index (χ0v) is 23.3. The lowest BCUT2D eigenvalue weighted by atomic mass is 9.86. The van der Waals surface area contributed by atoms with Gasteiger partial charge < -0.3 is 30.5 Å². The lowest BCUT2D eigenvalue weighted by Crippen LogP contribution is -2.47. The van der Waals surface area contributed by atoms with E-state index in [2.05, 4.69) is 52.7 Å². The minimum Gasteiger partial charge on any atom is -0.406 e. The summed E-state index contributed by atoms with van der Waals surface area (Å²) in [7, 11) is 4.03. The molecule has 1 unspecified atom stereocenters. The first kappa shape index (κ1) is 30.3. The van der Waals surface area contributed by atoms with Crippen LogP contribution < -0.4 is 26.0 Å². The molecule has 1 aromatic heterocycles. The number of halogens is 3. The Morgan fingerprint density at radius 1 is 1.21 bits per heavy atom. The molecule has 0 radical (unpaired) electrons. The molecule has 0 aliphatic carbocycles. The molecule has 4 N–H and O–H groups in total. The summed E-state index contributed by atoms with van der Waals surface area (Å²) >= 11 is 5.84. The highest BCUT2D eigenvalue weighted by molar-refractivity contribution is 7.80. The molecule has 1 aromatic carbocycles. The van der Waals surface area contributed by atoms with Crippen LogP contribution in [0.5, 0.6) is 5.75 Å². The van der Waals surface area contributed by atoms with Gasteiger partial charge in [0, 0.05) is 43.6 Å². The number of amides is 2. The zero-order valence-electron chi connectivity index (χ0n) is 22.5. The highest BCUT2D eigenvalue weighted by Gasteiger charge is 2.41. The van der Waals surface area contributed by atoms with Crippen LogP contribution in [0.3, 0.4) is 0 Å². The summed E-state index contributed by atoms with van der Waals surface area (Å²) in [5.74, 6) is 0.229. The largest absolute Gasteiger partial charge is 0.573 e. The van der Waals surface area contributed by atoms with Crippen LogP contribution in [0.4, 0.5) is 35.4 Å². The second kappa shape index (κ2) is 13.2. The third-order valence-electron chi connectivity index (χ3n) is 6.24. The summed E-state index contributed by atoms with van der Waals surface area (Å²) < 4.78 is 40.8. The number of urea groups is 1. The van der Waals surface area contributed by atoms with E-state index in [1.165, 1.54) is 12.1 Å². The number of alkyl halides is 3. The lowest BCUT2D eigenvalue weighted by Gasteiger charge is -2.31. The number of ether oxygens (including phenoxy) is 1. The van der Waals surface area contributed by atoms with Crippen LogP contribution in [-0.4, -0.2) is 90.5 Å². The maximum atomic E-state index is 12.5. The monoisotopic (exact) mass is 568 g/mol. The highest BCUT2D eigenvalue weighted by Crippen LogP contribution is 2.32. The number of likely N-dealkylation sites (N-methyl/N-ethyl adjacent to an activating group) is 1. The average molecular weight is 569 g/mol. The number of carbonyl (C=O) groups excluding carboxylic acids is 1. The quantitative estimate of drug-likeness (QED) is 0.300. The van der Waals surface area contributed by atoms with Crippen LogP contribution >= 0.6 is 12.2 Å². The van der Waals surface area contributed by atoms with Crippen molar-refractivity contribution in [3.05, 3.63) is 36.0 Å². The number of hydrogen-bond donors (Lipinski definition) is 4. The van der Waals surface area contributed by atoms with Crippen molar-refractivity contribution in [2.75, 3.05) is 69.3 Å². The third-order valence-corrected chi connectivity index (χ3v) is 6.82. The van der Waals surface area contributed by atoms with Crippen molar-refractivity contribution in [2.24, 2.45) is 5.41 Å². The molecule has 10 nitrogen and oxygen atoms in total. The second-order valence-electron chi connectivity index (χ2n) is 9.68. The first-order chi connectivity index (χ1) is 18.4. The predicted molar refractivity (Wildman–Crippen MR) is 149 cm³/mol. The van der Waals surface area contributed by atoms with Gasteiger partial charge in [-0.25, -0.2) is 9.78 Å². The summed E-state index contributed by atoms with van der Waals surface area (Å²) in [5.41, 5.74) is 0.648. The number of thiocarbonyl (C=S) groups is 1. The molecule has 1 saturated heterocycles. The fourth-order valence-corrected chi connectivity index (χ4v) is 4.54. The molecular formula is C25H35F3N8O2S. The first-order valence-corrected chi connectivity index (χ1v) is 13.0. The van der Waals surface area contributed by atoms with E-state index < -0.39 is 12.4 Å². The van der Waals surface area contributed by atoms with Crippen LogP contribution in [0.2, 0.25) is 0 Å². The Kier molecular flexibility index (Phi) is 10.3. The number of aromatic nitrogens is 2. The van der Waals surface area contributed by atoms with Gasteiger partial charge >= 0.3 is 12.4 Å². The standard InChI is InChI=1S/C25H35F3N8O2S/c1-5-36-12-10-24(16-36,21(39)29-11-13-35(3)4)15-30-20-14-17(2)31-22(33-20)34-23(37)32-18-6-8-19(9-7-18)38-25(26,27)28/h6-9,14H,5,10-13,15-16H2,1-4H3,(H,29,39)(H3,30,31,32,33,34,37). The molecule has 1 aliphatic rings. The number of hydrogen-bond acceptors (Lipinski definition) is 8. The van der Waals surface area contributed by atoms with Gasteiger partial charge in [-0.05, 0) is 64.8 Å². The number of nitrogens with zero attached hydrogens (tertiary/aromatic N) is 4. The van der Waals surface area contributed by atoms with Crippen LogP contribution in [0.1, 0.15) is 19.0 Å². The maximum Gasteiger partial charge on any atom is 0.573 e. The van der Waals surface area contributed by atoms with Crippen molar-refractivity contribution in [1.82, 2.24) is 25.1 Å². The smallest absolute Gasteiger partial charge is 0.406 e. The van der Waals surface area contributed by atoms with Crippen molar-refractivity contribution in [2.45, 2.75) is 26.6 Å². The molecule has 2 heterocycles. The van der Waals surface area contributed by atoms with E-state index in [-0.39, 0.29) is 22.8 Å². The molecule has 3 rings (SSSR count). The van der Waals surface area contributed by atoms with E-state index in [9.17, 15) is 18.0 Å². The molecule has 2 amide bonds. The van der Waals surface area contributed by atoms with Crippen LogP contribution in [-0.2, 0) is 0 Å². The first-order valence-electron chi connectivity index (χ1n) is 12.6. The summed E-state index contributed by atoms with van der Waals surface area (Å²) in [6.45, 7) is 8.83. The van der Waals surface area contributed by atoms with E-state index in [4.69, 9.17) is 12.2 Å². The number of benzene rings is 1. The van der Waals surface area contributed by atoms with Crippen LogP contribution in [0.25, 0.3) is 0 Å². The fourth-order valence-electron chi connectivity index (χ4n) is 4.20. The van der Waals surface area contributed by atoms with Gasteiger partial charge in [0.15, 0.2) is 0 Å². The van der Waals surface area contributed by atoms with Gasteiger partial charge in [-0.1, -0.05) is 19.1 Å². The maximum absolute atomic E-state index is 12.5. The normalized spacial score (nSPS) is 17.6. The number of aryl methyl sites for hydroxylation is 1. The number of carbonyl (C=O) groups is 1.